The number of rotatable bonds is 2. The first-order valence-corrected chi connectivity index (χ1v) is 4.79. The Bertz CT molecular complexity index is 432. The average Bonchev–Trinajstić information content (AvgIpc) is 2.66. The van der Waals surface area contributed by atoms with E-state index in [9.17, 15) is 0 Å². The predicted molar refractivity (Wildman–Crippen MR) is 54.5 cm³/mol. The van der Waals surface area contributed by atoms with Crippen LogP contribution in [0.15, 0.2) is 36.8 Å². The summed E-state index contributed by atoms with van der Waals surface area (Å²) < 4.78 is 4.21. The molecule has 0 N–H and O–H groups in total. The fourth-order valence-electron chi connectivity index (χ4n) is 1.55. The van der Waals surface area contributed by atoms with E-state index in [0.717, 1.165) is 18.1 Å². The van der Waals surface area contributed by atoms with Gasteiger partial charge in [0.05, 0.1) is 0 Å². The summed E-state index contributed by atoms with van der Waals surface area (Å²) in [6.45, 7) is 3.07. The number of aromatic nitrogens is 3. The Labute approximate surface area is 83.7 Å². The minimum absolute atomic E-state index is 0.949. The lowest BCUT2D eigenvalue weighted by Gasteiger charge is -2.01. The van der Waals surface area contributed by atoms with Crippen molar-refractivity contribution in [2.45, 2.75) is 13.5 Å². The third kappa shape index (κ3) is 1.41. The SMILES string of the molecule is CCn1ccnc1-c1cccc[n+]1C. The Morgan fingerprint density at radius 1 is 1.43 bits per heavy atom. The van der Waals surface area contributed by atoms with Crippen LogP contribution in [-0.2, 0) is 13.6 Å². The van der Waals surface area contributed by atoms with Crippen LogP contribution in [0.25, 0.3) is 11.5 Å². The van der Waals surface area contributed by atoms with Gasteiger partial charge in [0.2, 0.25) is 11.5 Å². The molecule has 2 rings (SSSR count). The molecule has 3 heteroatoms. The molecule has 2 aromatic rings. The highest BCUT2D eigenvalue weighted by Crippen LogP contribution is 2.11. The summed E-state index contributed by atoms with van der Waals surface area (Å²) in [7, 11) is 2.03. The zero-order valence-corrected chi connectivity index (χ0v) is 8.51. The molecule has 0 amide bonds. The van der Waals surface area contributed by atoms with Crippen LogP contribution in [0, 0.1) is 0 Å². The molecule has 0 saturated carbocycles. The molecule has 0 saturated heterocycles. The number of imidazole rings is 1. The van der Waals surface area contributed by atoms with Crippen LogP contribution in [-0.4, -0.2) is 9.55 Å². The van der Waals surface area contributed by atoms with Crippen LogP contribution in [0.1, 0.15) is 6.92 Å². The van der Waals surface area contributed by atoms with Crippen LogP contribution < -0.4 is 4.57 Å². The van der Waals surface area contributed by atoms with E-state index >= 15 is 0 Å². The van der Waals surface area contributed by atoms with Crippen molar-refractivity contribution in [3.05, 3.63) is 36.8 Å². The van der Waals surface area contributed by atoms with Gasteiger partial charge >= 0.3 is 0 Å². The van der Waals surface area contributed by atoms with Crippen LogP contribution in [0.3, 0.4) is 0 Å². The molecule has 72 valence electrons. The quantitative estimate of drug-likeness (QED) is 0.653. The molecule has 0 aliphatic rings. The zero-order valence-electron chi connectivity index (χ0n) is 8.51. The molecule has 2 aromatic heterocycles. The average molecular weight is 188 g/mol. The van der Waals surface area contributed by atoms with Crippen molar-refractivity contribution in [1.29, 1.82) is 0 Å². The maximum atomic E-state index is 4.36. The molecular formula is C11H14N3+. The monoisotopic (exact) mass is 188 g/mol. The van der Waals surface area contributed by atoms with Gasteiger partial charge in [-0.3, -0.25) is 0 Å². The van der Waals surface area contributed by atoms with Crippen LogP contribution >= 0.6 is 0 Å². The molecular weight excluding hydrogens is 174 g/mol. The van der Waals surface area contributed by atoms with Gasteiger partial charge < -0.3 is 4.57 Å². The minimum Gasteiger partial charge on any atom is -0.326 e. The second kappa shape index (κ2) is 3.62. The molecule has 0 spiro atoms. The van der Waals surface area contributed by atoms with Gasteiger partial charge in [-0.15, -0.1) is 0 Å². The van der Waals surface area contributed by atoms with Gasteiger partial charge in [-0.1, -0.05) is 0 Å². The predicted octanol–water partition coefficient (Wildman–Crippen LogP) is 1.39. The van der Waals surface area contributed by atoms with Gasteiger partial charge in [0, 0.05) is 31.1 Å². The maximum absolute atomic E-state index is 4.36. The Hall–Kier alpha value is -1.64. The van der Waals surface area contributed by atoms with E-state index in [2.05, 4.69) is 27.1 Å². The van der Waals surface area contributed by atoms with Crippen molar-refractivity contribution in [3.8, 4) is 11.5 Å². The second-order valence-corrected chi connectivity index (χ2v) is 3.23. The highest BCUT2D eigenvalue weighted by molar-refractivity contribution is 5.45. The summed E-state index contributed by atoms with van der Waals surface area (Å²) in [6, 6.07) is 6.13. The molecule has 0 aliphatic carbocycles. The standard InChI is InChI=1S/C11H14N3/c1-3-14-9-7-12-11(14)10-6-4-5-8-13(10)2/h4-9H,3H2,1-2H3/q+1. The van der Waals surface area contributed by atoms with Crippen molar-refractivity contribution in [2.24, 2.45) is 7.05 Å². The van der Waals surface area contributed by atoms with E-state index in [-0.39, 0.29) is 0 Å². The van der Waals surface area contributed by atoms with Gasteiger partial charge in [-0.25, -0.2) is 4.98 Å². The third-order valence-electron chi connectivity index (χ3n) is 2.34. The molecule has 0 radical (unpaired) electrons. The Kier molecular flexibility index (Phi) is 2.31. The summed E-state index contributed by atoms with van der Waals surface area (Å²) in [6.07, 6.45) is 5.87. The van der Waals surface area contributed by atoms with E-state index in [4.69, 9.17) is 0 Å². The molecule has 0 unspecified atom stereocenters. The third-order valence-corrected chi connectivity index (χ3v) is 2.34. The van der Waals surface area contributed by atoms with Crippen LogP contribution in [0.4, 0.5) is 0 Å². The first-order valence-electron chi connectivity index (χ1n) is 4.79. The first kappa shape index (κ1) is 8.94. The highest BCUT2D eigenvalue weighted by Gasteiger charge is 2.12. The number of aryl methyl sites for hydroxylation is 2. The van der Waals surface area contributed by atoms with E-state index in [0.29, 0.717) is 0 Å². The van der Waals surface area contributed by atoms with Crippen molar-refractivity contribution in [3.63, 3.8) is 0 Å². The lowest BCUT2D eigenvalue weighted by Crippen LogP contribution is -2.30. The van der Waals surface area contributed by atoms with Crippen molar-refractivity contribution < 1.29 is 4.57 Å². The number of pyridine rings is 1. The summed E-state index contributed by atoms with van der Waals surface area (Å²) in [5.41, 5.74) is 1.14. The van der Waals surface area contributed by atoms with Gasteiger partial charge in [0.25, 0.3) is 0 Å². The Morgan fingerprint density at radius 3 is 3.00 bits per heavy atom. The normalized spacial score (nSPS) is 10.4. The topological polar surface area (TPSA) is 21.7 Å². The molecule has 3 nitrogen and oxygen atoms in total. The van der Waals surface area contributed by atoms with Gasteiger partial charge in [-0.2, -0.15) is 4.57 Å². The van der Waals surface area contributed by atoms with Crippen LogP contribution in [0.2, 0.25) is 0 Å². The van der Waals surface area contributed by atoms with Crippen molar-refractivity contribution >= 4 is 0 Å². The first-order chi connectivity index (χ1) is 6.83. The number of nitrogens with zero attached hydrogens (tertiary/aromatic N) is 3. The summed E-state index contributed by atoms with van der Waals surface area (Å²) >= 11 is 0. The Balaban J connectivity index is 2.54. The summed E-state index contributed by atoms with van der Waals surface area (Å²) in [5.74, 6) is 1.02. The molecule has 0 bridgehead atoms. The molecule has 2 heterocycles. The van der Waals surface area contributed by atoms with Crippen LogP contribution in [0.5, 0.6) is 0 Å². The lowest BCUT2D eigenvalue weighted by molar-refractivity contribution is -0.660. The second-order valence-electron chi connectivity index (χ2n) is 3.23. The zero-order chi connectivity index (χ0) is 9.97. The molecule has 0 fully saturated rings. The van der Waals surface area contributed by atoms with Crippen molar-refractivity contribution in [2.75, 3.05) is 0 Å². The van der Waals surface area contributed by atoms with Crippen molar-refractivity contribution in [1.82, 2.24) is 9.55 Å². The maximum Gasteiger partial charge on any atom is 0.248 e. The van der Waals surface area contributed by atoms with Gasteiger partial charge in [0.1, 0.15) is 7.05 Å². The molecule has 0 atom stereocenters. The largest absolute Gasteiger partial charge is 0.326 e. The smallest absolute Gasteiger partial charge is 0.248 e. The van der Waals surface area contributed by atoms with Gasteiger partial charge in [-0.05, 0) is 13.0 Å². The summed E-state index contributed by atoms with van der Waals surface area (Å²) in [4.78, 5) is 4.36. The highest BCUT2D eigenvalue weighted by atomic mass is 15.1. The fraction of sp³-hybridized carbons (Fsp3) is 0.273. The number of hydrogen-bond donors (Lipinski definition) is 0. The molecule has 0 aliphatic heterocycles. The minimum atomic E-state index is 0.949. The molecule has 0 aromatic carbocycles. The van der Waals surface area contributed by atoms with Gasteiger partial charge in [0.15, 0.2) is 6.20 Å². The van der Waals surface area contributed by atoms with E-state index in [1.165, 1.54) is 0 Å². The lowest BCUT2D eigenvalue weighted by atomic mass is 10.3. The molecule has 14 heavy (non-hydrogen) atoms. The fourth-order valence-corrected chi connectivity index (χ4v) is 1.55. The van der Waals surface area contributed by atoms with E-state index in [1.54, 1.807) is 0 Å². The number of hydrogen-bond acceptors (Lipinski definition) is 1. The van der Waals surface area contributed by atoms with E-state index in [1.807, 2.05) is 37.8 Å². The Morgan fingerprint density at radius 2 is 2.29 bits per heavy atom. The summed E-state index contributed by atoms with van der Waals surface area (Å²) in [5, 5.41) is 0. The van der Waals surface area contributed by atoms with E-state index < -0.39 is 0 Å².